The van der Waals surface area contributed by atoms with E-state index in [1.807, 2.05) is 0 Å². The van der Waals surface area contributed by atoms with Crippen molar-refractivity contribution in [1.29, 1.82) is 0 Å². The summed E-state index contributed by atoms with van der Waals surface area (Å²) < 4.78 is 2.17. The Bertz CT molecular complexity index is 551. The van der Waals surface area contributed by atoms with Crippen molar-refractivity contribution < 1.29 is 0 Å². The molecule has 1 aromatic carbocycles. The molecular weight excluding hydrogens is 196 g/mol. The van der Waals surface area contributed by atoms with Crippen LogP contribution in [0.1, 0.15) is 25.3 Å². The first-order valence-corrected chi connectivity index (χ1v) is 5.83. The Balaban J connectivity index is 2.19. The van der Waals surface area contributed by atoms with Gasteiger partial charge in [0.1, 0.15) is 0 Å². The number of fused-ring (bicyclic) bond motifs is 1. The number of nitrogens with zero attached hydrogens (tertiary/aromatic N) is 1. The fourth-order valence-corrected chi connectivity index (χ4v) is 2.87. The van der Waals surface area contributed by atoms with Crippen molar-refractivity contribution in [2.45, 2.75) is 25.8 Å². The molecule has 1 aromatic heterocycles. The van der Waals surface area contributed by atoms with Crippen molar-refractivity contribution in [1.82, 2.24) is 4.57 Å². The summed E-state index contributed by atoms with van der Waals surface area (Å²) in [6.45, 7) is 4.51. The lowest BCUT2D eigenvalue weighted by atomic mass is 10.00. The highest BCUT2D eigenvalue weighted by Gasteiger charge is 2.56. The van der Waals surface area contributed by atoms with Crippen molar-refractivity contribution in [3.8, 4) is 0 Å². The zero-order valence-corrected chi connectivity index (χ0v) is 10.1. The van der Waals surface area contributed by atoms with Crippen molar-refractivity contribution in [2.75, 3.05) is 0 Å². The Morgan fingerprint density at radius 3 is 2.56 bits per heavy atom. The van der Waals surface area contributed by atoms with Gasteiger partial charge in [-0.2, -0.15) is 0 Å². The van der Waals surface area contributed by atoms with E-state index in [0.29, 0.717) is 12.0 Å². The number of hydrogen-bond donors (Lipinski definition) is 1. The molecule has 1 aliphatic carbocycles. The van der Waals surface area contributed by atoms with Crippen molar-refractivity contribution in [3.63, 3.8) is 0 Å². The Kier molecular flexibility index (Phi) is 1.79. The second-order valence-corrected chi connectivity index (χ2v) is 5.53. The lowest BCUT2D eigenvalue weighted by molar-refractivity contribution is 0.600. The van der Waals surface area contributed by atoms with Gasteiger partial charge in [0.15, 0.2) is 0 Å². The van der Waals surface area contributed by atoms with E-state index in [-0.39, 0.29) is 5.41 Å². The van der Waals surface area contributed by atoms with E-state index in [9.17, 15) is 0 Å². The molecule has 0 spiro atoms. The first kappa shape index (κ1) is 9.91. The van der Waals surface area contributed by atoms with Gasteiger partial charge in [0, 0.05) is 36.1 Å². The predicted octanol–water partition coefficient (Wildman–Crippen LogP) is 2.63. The van der Waals surface area contributed by atoms with Crippen molar-refractivity contribution in [2.24, 2.45) is 18.2 Å². The monoisotopic (exact) mass is 214 g/mol. The number of rotatable bonds is 1. The zero-order valence-electron chi connectivity index (χ0n) is 10.1. The average Bonchev–Trinajstić information content (AvgIpc) is 2.60. The van der Waals surface area contributed by atoms with Crippen LogP contribution in [0.2, 0.25) is 0 Å². The van der Waals surface area contributed by atoms with Gasteiger partial charge < -0.3 is 10.3 Å². The summed E-state index contributed by atoms with van der Waals surface area (Å²) in [7, 11) is 2.09. The largest absolute Gasteiger partial charge is 0.351 e. The highest BCUT2D eigenvalue weighted by Crippen LogP contribution is 2.58. The second kappa shape index (κ2) is 2.89. The van der Waals surface area contributed by atoms with E-state index in [1.165, 1.54) is 16.5 Å². The number of nitrogens with two attached hydrogens (primary N) is 1. The number of aryl methyl sites for hydroxylation is 1. The van der Waals surface area contributed by atoms with Crippen molar-refractivity contribution in [3.05, 3.63) is 36.0 Å². The summed E-state index contributed by atoms with van der Waals surface area (Å²) in [5.41, 5.74) is 9.13. The highest BCUT2D eigenvalue weighted by atomic mass is 14.9. The van der Waals surface area contributed by atoms with Crippen molar-refractivity contribution >= 4 is 10.9 Å². The predicted molar refractivity (Wildman–Crippen MR) is 67.4 cm³/mol. The maximum Gasteiger partial charge on any atom is 0.0480 e. The van der Waals surface area contributed by atoms with Crippen LogP contribution in [0.4, 0.5) is 0 Å². The molecule has 0 amide bonds. The molecule has 0 saturated heterocycles. The maximum absolute atomic E-state index is 6.17. The van der Waals surface area contributed by atoms with Gasteiger partial charge in [0.2, 0.25) is 0 Å². The molecule has 2 nitrogen and oxygen atoms in total. The molecule has 0 aliphatic heterocycles. The molecule has 1 fully saturated rings. The highest BCUT2D eigenvalue weighted by molar-refractivity contribution is 5.85. The number of benzene rings is 1. The Morgan fingerprint density at radius 2 is 1.94 bits per heavy atom. The summed E-state index contributed by atoms with van der Waals surface area (Å²) >= 11 is 0. The molecule has 1 saturated carbocycles. The third-order valence-corrected chi connectivity index (χ3v) is 4.21. The minimum absolute atomic E-state index is 0.254. The first-order chi connectivity index (χ1) is 7.53. The fourth-order valence-electron chi connectivity index (χ4n) is 2.87. The lowest BCUT2D eigenvalue weighted by Gasteiger charge is -2.05. The molecule has 3 rings (SSSR count). The summed E-state index contributed by atoms with van der Waals surface area (Å²) in [5.74, 6) is 0.513. The van der Waals surface area contributed by atoms with E-state index < -0.39 is 0 Å². The van der Waals surface area contributed by atoms with E-state index in [1.54, 1.807) is 0 Å². The quantitative estimate of drug-likeness (QED) is 0.777. The molecule has 2 atom stereocenters. The first-order valence-electron chi connectivity index (χ1n) is 5.83. The van der Waals surface area contributed by atoms with Crippen LogP contribution >= 0.6 is 0 Å². The number of hydrogen-bond acceptors (Lipinski definition) is 1. The summed E-state index contributed by atoms with van der Waals surface area (Å²) in [5, 5.41) is 1.36. The van der Waals surface area contributed by atoms with Crippen LogP contribution in [0.5, 0.6) is 0 Å². The smallest absolute Gasteiger partial charge is 0.0480 e. The van der Waals surface area contributed by atoms with Gasteiger partial charge in [-0.1, -0.05) is 26.0 Å². The number of aromatic nitrogens is 1. The molecule has 1 heterocycles. The van der Waals surface area contributed by atoms with Gasteiger partial charge in [-0.05, 0) is 23.1 Å². The van der Waals surface area contributed by atoms with Crippen LogP contribution in [0.15, 0.2) is 30.5 Å². The fraction of sp³-hybridized carbons (Fsp3) is 0.429. The van der Waals surface area contributed by atoms with Crippen LogP contribution in [-0.4, -0.2) is 10.6 Å². The van der Waals surface area contributed by atoms with Crippen LogP contribution in [0.3, 0.4) is 0 Å². The van der Waals surface area contributed by atoms with E-state index in [4.69, 9.17) is 5.73 Å². The second-order valence-electron chi connectivity index (χ2n) is 5.53. The Labute approximate surface area is 96.1 Å². The van der Waals surface area contributed by atoms with Gasteiger partial charge in [0.05, 0.1) is 0 Å². The van der Waals surface area contributed by atoms with Gasteiger partial charge in [-0.15, -0.1) is 0 Å². The maximum atomic E-state index is 6.17. The van der Waals surface area contributed by atoms with Gasteiger partial charge in [0.25, 0.3) is 0 Å². The average molecular weight is 214 g/mol. The van der Waals surface area contributed by atoms with E-state index >= 15 is 0 Å². The Morgan fingerprint density at radius 1 is 1.25 bits per heavy atom. The molecule has 16 heavy (non-hydrogen) atoms. The van der Waals surface area contributed by atoms with Gasteiger partial charge in [-0.3, -0.25) is 0 Å². The molecule has 0 bridgehead atoms. The topological polar surface area (TPSA) is 30.9 Å². The minimum atomic E-state index is 0.254. The van der Waals surface area contributed by atoms with Crippen LogP contribution in [0.25, 0.3) is 10.9 Å². The standard InChI is InChI=1S/C14H18N2/c1-14(2)12(13(14)15)10-5-4-6-11-9(10)7-8-16(11)3/h4-8,12-13H,15H2,1-3H3. The van der Waals surface area contributed by atoms with Crippen LogP contribution in [-0.2, 0) is 7.05 Å². The van der Waals surface area contributed by atoms with E-state index in [2.05, 4.69) is 55.9 Å². The van der Waals surface area contributed by atoms with Crippen LogP contribution < -0.4 is 5.73 Å². The third kappa shape index (κ3) is 1.11. The van der Waals surface area contributed by atoms with E-state index in [0.717, 1.165) is 0 Å². The summed E-state index contributed by atoms with van der Waals surface area (Å²) in [4.78, 5) is 0. The molecule has 2 N–H and O–H groups in total. The molecule has 2 unspecified atom stereocenters. The molecule has 1 aliphatic rings. The zero-order chi connectivity index (χ0) is 11.5. The molecule has 0 radical (unpaired) electrons. The lowest BCUT2D eigenvalue weighted by Crippen LogP contribution is -2.06. The summed E-state index contributed by atoms with van der Waals surface area (Å²) in [6, 6.07) is 9.03. The Hall–Kier alpha value is -1.28. The molecule has 84 valence electrons. The molecular formula is C14H18N2. The van der Waals surface area contributed by atoms with Crippen LogP contribution in [0, 0.1) is 5.41 Å². The molecule has 2 heteroatoms. The summed E-state index contributed by atoms with van der Waals surface area (Å²) in [6.07, 6.45) is 2.12. The third-order valence-electron chi connectivity index (χ3n) is 4.21. The van der Waals surface area contributed by atoms with Gasteiger partial charge in [-0.25, -0.2) is 0 Å². The van der Waals surface area contributed by atoms with Gasteiger partial charge >= 0.3 is 0 Å². The normalized spacial score (nSPS) is 27.2. The molecule has 2 aromatic rings. The minimum Gasteiger partial charge on any atom is -0.351 e. The SMILES string of the molecule is Cn1ccc2c(C3C(N)C3(C)C)cccc21.